The van der Waals surface area contributed by atoms with E-state index in [1.165, 1.54) is 10.9 Å². The lowest BCUT2D eigenvalue weighted by atomic mass is 10.1. The van der Waals surface area contributed by atoms with Crippen LogP contribution in [0.15, 0.2) is 24.4 Å². The molecule has 3 rings (SSSR count). The summed E-state index contributed by atoms with van der Waals surface area (Å²) in [6, 6.07) is 5.15. The number of benzene rings is 1. The van der Waals surface area contributed by atoms with Crippen LogP contribution in [0, 0.1) is 0 Å². The monoisotopic (exact) mass is 273 g/mol. The molecule has 0 aliphatic carbocycles. The van der Waals surface area contributed by atoms with Crippen LogP contribution in [0.1, 0.15) is 22.3 Å². The van der Waals surface area contributed by atoms with E-state index < -0.39 is 0 Å². The first kappa shape index (κ1) is 12.5. The average Bonchev–Trinajstić information content (AvgIpc) is 2.68. The van der Waals surface area contributed by atoms with Gasteiger partial charge in [0.15, 0.2) is 17.3 Å². The fourth-order valence-corrected chi connectivity index (χ4v) is 2.08. The van der Waals surface area contributed by atoms with E-state index in [2.05, 4.69) is 5.10 Å². The quantitative estimate of drug-likeness (QED) is 0.836. The molecule has 0 radical (unpaired) electrons. The van der Waals surface area contributed by atoms with Gasteiger partial charge in [0.2, 0.25) is 0 Å². The molecule has 0 unspecified atom stereocenters. The van der Waals surface area contributed by atoms with Gasteiger partial charge in [0.25, 0.3) is 0 Å². The van der Waals surface area contributed by atoms with Crippen LogP contribution in [0.2, 0.25) is 0 Å². The molecule has 0 fully saturated rings. The van der Waals surface area contributed by atoms with Gasteiger partial charge in [-0.1, -0.05) is 0 Å². The minimum Gasteiger partial charge on any atom is -0.490 e. The van der Waals surface area contributed by atoms with Crippen LogP contribution in [0.3, 0.4) is 0 Å². The number of carbonyl (C=O) groups is 1. The number of fused-ring (bicyclic) bond motifs is 1. The first-order valence-corrected chi connectivity index (χ1v) is 6.38. The van der Waals surface area contributed by atoms with Gasteiger partial charge in [0, 0.05) is 19.0 Å². The molecule has 1 aromatic carbocycles. The fourth-order valence-electron chi connectivity index (χ4n) is 2.08. The van der Waals surface area contributed by atoms with Crippen molar-refractivity contribution in [3.8, 4) is 11.5 Å². The number of aromatic nitrogens is 2. The number of ketones is 1. The second-order valence-corrected chi connectivity index (χ2v) is 4.61. The summed E-state index contributed by atoms with van der Waals surface area (Å²) in [5, 5.41) is 3.98. The molecule has 6 heteroatoms. The number of carbonyl (C=O) groups excluding carboxylic acids is 1. The molecular weight excluding hydrogens is 258 g/mol. The Morgan fingerprint density at radius 2 is 2.05 bits per heavy atom. The normalized spacial score (nSPS) is 13.8. The predicted octanol–water partition coefficient (Wildman–Crippen LogP) is 1.39. The van der Waals surface area contributed by atoms with Crippen molar-refractivity contribution in [3.63, 3.8) is 0 Å². The minimum absolute atomic E-state index is 0.175. The summed E-state index contributed by atoms with van der Waals surface area (Å²) in [4.78, 5) is 12.4. The van der Waals surface area contributed by atoms with Crippen LogP contribution >= 0.6 is 0 Å². The highest BCUT2D eigenvalue weighted by Gasteiger charge is 2.18. The van der Waals surface area contributed by atoms with E-state index in [0.29, 0.717) is 41.7 Å². The maximum atomic E-state index is 12.4. The van der Waals surface area contributed by atoms with Crippen molar-refractivity contribution >= 4 is 11.6 Å². The van der Waals surface area contributed by atoms with Crippen molar-refractivity contribution in [2.45, 2.75) is 6.42 Å². The number of nitrogens with zero attached hydrogens (tertiary/aromatic N) is 2. The second kappa shape index (κ2) is 4.88. The zero-order valence-corrected chi connectivity index (χ0v) is 11.1. The molecule has 2 heterocycles. The van der Waals surface area contributed by atoms with E-state index in [0.717, 1.165) is 6.42 Å². The van der Waals surface area contributed by atoms with Gasteiger partial charge in [-0.05, 0) is 18.2 Å². The van der Waals surface area contributed by atoms with E-state index in [-0.39, 0.29) is 5.78 Å². The molecule has 0 amide bonds. The van der Waals surface area contributed by atoms with E-state index in [1.807, 2.05) is 0 Å². The summed E-state index contributed by atoms with van der Waals surface area (Å²) < 4.78 is 12.6. The Hall–Kier alpha value is -2.50. The zero-order chi connectivity index (χ0) is 14.1. The molecule has 1 aliphatic heterocycles. The Morgan fingerprint density at radius 1 is 1.30 bits per heavy atom. The van der Waals surface area contributed by atoms with Crippen LogP contribution < -0.4 is 15.2 Å². The highest BCUT2D eigenvalue weighted by Crippen LogP contribution is 2.31. The minimum atomic E-state index is -0.175. The lowest BCUT2D eigenvalue weighted by Gasteiger charge is -2.08. The van der Waals surface area contributed by atoms with Gasteiger partial charge in [-0.15, -0.1) is 0 Å². The standard InChI is InChI=1S/C14H15N3O3/c1-17-14(15)10(8-16-17)13(18)9-3-4-11-12(7-9)20-6-2-5-19-11/h3-4,7-8H,2,5-6,15H2,1H3. The lowest BCUT2D eigenvalue weighted by Crippen LogP contribution is -2.06. The molecule has 1 aromatic heterocycles. The van der Waals surface area contributed by atoms with Crippen molar-refractivity contribution in [2.75, 3.05) is 18.9 Å². The maximum Gasteiger partial charge on any atom is 0.198 e. The molecule has 0 atom stereocenters. The first-order chi connectivity index (χ1) is 9.66. The van der Waals surface area contributed by atoms with Gasteiger partial charge in [0.1, 0.15) is 5.82 Å². The molecule has 104 valence electrons. The molecule has 0 bridgehead atoms. The Labute approximate surface area is 116 Å². The number of aryl methyl sites for hydroxylation is 1. The third kappa shape index (κ3) is 2.09. The number of hydrogen-bond acceptors (Lipinski definition) is 5. The highest BCUT2D eigenvalue weighted by molar-refractivity contribution is 6.11. The Balaban J connectivity index is 1.96. The van der Waals surface area contributed by atoms with Gasteiger partial charge in [0.05, 0.1) is 25.0 Å². The van der Waals surface area contributed by atoms with Crippen LogP contribution in [0.25, 0.3) is 0 Å². The summed E-state index contributed by atoms with van der Waals surface area (Å²) in [6.45, 7) is 1.20. The van der Waals surface area contributed by atoms with E-state index >= 15 is 0 Å². The molecule has 2 aromatic rings. The third-order valence-electron chi connectivity index (χ3n) is 3.24. The molecular formula is C14H15N3O3. The third-order valence-corrected chi connectivity index (χ3v) is 3.24. The number of rotatable bonds is 2. The zero-order valence-electron chi connectivity index (χ0n) is 11.1. The van der Waals surface area contributed by atoms with Crippen LogP contribution in [0.4, 0.5) is 5.82 Å². The molecule has 0 spiro atoms. The van der Waals surface area contributed by atoms with E-state index in [9.17, 15) is 4.79 Å². The molecule has 2 N–H and O–H groups in total. The summed E-state index contributed by atoms with van der Waals surface area (Å²) in [7, 11) is 1.69. The van der Waals surface area contributed by atoms with Crippen molar-refractivity contribution in [3.05, 3.63) is 35.5 Å². The van der Waals surface area contributed by atoms with Crippen molar-refractivity contribution in [1.82, 2.24) is 9.78 Å². The number of nitrogens with two attached hydrogens (primary N) is 1. The summed E-state index contributed by atoms with van der Waals surface area (Å²) >= 11 is 0. The summed E-state index contributed by atoms with van der Waals surface area (Å²) in [6.07, 6.45) is 2.30. The van der Waals surface area contributed by atoms with E-state index in [1.54, 1.807) is 25.2 Å². The van der Waals surface area contributed by atoms with Gasteiger partial charge >= 0.3 is 0 Å². The van der Waals surface area contributed by atoms with Crippen molar-refractivity contribution < 1.29 is 14.3 Å². The fraction of sp³-hybridized carbons (Fsp3) is 0.286. The Morgan fingerprint density at radius 3 is 2.75 bits per heavy atom. The van der Waals surface area contributed by atoms with Crippen molar-refractivity contribution in [2.24, 2.45) is 7.05 Å². The van der Waals surface area contributed by atoms with Gasteiger partial charge in [-0.25, -0.2) is 0 Å². The van der Waals surface area contributed by atoms with Crippen LogP contribution in [-0.4, -0.2) is 28.8 Å². The number of ether oxygens (including phenoxy) is 2. The average molecular weight is 273 g/mol. The molecule has 20 heavy (non-hydrogen) atoms. The molecule has 6 nitrogen and oxygen atoms in total. The lowest BCUT2D eigenvalue weighted by molar-refractivity contribution is 0.103. The van der Waals surface area contributed by atoms with Crippen LogP contribution in [0.5, 0.6) is 11.5 Å². The maximum absolute atomic E-state index is 12.4. The Bertz CT molecular complexity index is 664. The number of nitrogen functional groups attached to an aromatic ring is 1. The van der Waals surface area contributed by atoms with E-state index in [4.69, 9.17) is 15.2 Å². The summed E-state index contributed by atoms with van der Waals surface area (Å²) in [5.41, 5.74) is 6.73. The SMILES string of the molecule is Cn1ncc(C(=O)c2ccc3c(c2)OCCCO3)c1N. The molecule has 1 aliphatic rings. The first-order valence-electron chi connectivity index (χ1n) is 6.38. The topological polar surface area (TPSA) is 79.4 Å². The van der Waals surface area contributed by atoms with Gasteiger partial charge in [-0.2, -0.15) is 5.10 Å². The molecule has 0 saturated heterocycles. The smallest absolute Gasteiger partial charge is 0.198 e. The predicted molar refractivity (Wildman–Crippen MR) is 73.1 cm³/mol. The highest BCUT2D eigenvalue weighted by atomic mass is 16.5. The largest absolute Gasteiger partial charge is 0.490 e. The van der Waals surface area contributed by atoms with Gasteiger partial charge in [-0.3, -0.25) is 9.48 Å². The number of anilines is 1. The number of hydrogen-bond donors (Lipinski definition) is 1. The van der Waals surface area contributed by atoms with Crippen LogP contribution in [-0.2, 0) is 7.05 Å². The molecule has 0 saturated carbocycles. The van der Waals surface area contributed by atoms with Gasteiger partial charge < -0.3 is 15.2 Å². The second-order valence-electron chi connectivity index (χ2n) is 4.61. The van der Waals surface area contributed by atoms with Crippen molar-refractivity contribution in [1.29, 1.82) is 0 Å². The summed E-state index contributed by atoms with van der Waals surface area (Å²) in [5.74, 6) is 1.43. The Kier molecular flexibility index (Phi) is 3.06.